The monoisotopic (exact) mass is 292 g/mol. The summed E-state index contributed by atoms with van der Waals surface area (Å²) >= 11 is 0. The Balaban J connectivity index is 2.32. The second-order valence-electron chi connectivity index (χ2n) is 5.25. The van der Waals surface area contributed by atoms with Crippen molar-refractivity contribution in [2.45, 2.75) is 18.9 Å². The van der Waals surface area contributed by atoms with E-state index < -0.39 is 0 Å². The number of nitrogens with one attached hydrogen (secondary N) is 2. The zero-order valence-corrected chi connectivity index (χ0v) is 12.9. The van der Waals surface area contributed by atoms with Gasteiger partial charge in [0.1, 0.15) is 11.4 Å². The Labute approximate surface area is 125 Å². The molecule has 1 aromatic rings. The Morgan fingerprint density at radius 1 is 1.38 bits per heavy atom. The van der Waals surface area contributed by atoms with E-state index in [4.69, 9.17) is 10.5 Å². The number of carbonyl (C=O) groups excluding carboxylic acids is 1. The first-order chi connectivity index (χ1) is 10.1. The van der Waals surface area contributed by atoms with E-state index in [1.165, 1.54) is 0 Å². The molecule has 0 unspecified atom stereocenters. The van der Waals surface area contributed by atoms with Gasteiger partial charge in [-0.05, 0) is 25.0 Å². The highest BCUT2D eigenvalue weighted by molar-refractivity contribution is 5.97. The van der Waals surface area contributed by atoms with Crippen LogP contribution in [0, 0.1) is 0 Å². The van der Waals surface area contributed by atoms with Gasteiger partial charge in [0, 0.05) is 38.8 Å². The molecule has 1 amide bonds. The molecule has 1 aliphatic rings. The van der Waals surface area contributed by atoms with Crippen LogP contribution in [-0.2, 0) is 0 Å². The van der Waals surface area contributed by atoms with Crippen LogP contribution in [0.3, 0.4) is 0 Å². The van der Waals surface area contributed by atoms with Gasteiger partial charge in [-0.15, -0.1) is 0 Å². The molecule has 1 heterocycles. The first-order valence-corrected chi connectivity index (χ1v) is 7.23. The first kappa shape index (κ1) is 15.4. The first-order valence-electron chi connectivity index (χ1n) is 7.23. The topological polar surface area (TPSA) is 79.6 Å². The van der Waals surface area contributed by atoms with Gasteiger partial charge in [0.2, 0.25) is 0 Å². The van der Waals surface area contributed by atoms with Gasteiger partial charge >= 0.3 is 0 Å². The summed E-state index contributed by atoms with van der Waals surface area (Å²) in [7, 11) is 5.24. The fourth-order valence-electron chi connectivity index (χ4n) is 2.73. The molecular formula is C15H24N4O2. The van der Waals surface area contributed by atoms with E-state index in [-0.39, 0.29) is 11.9 Å². The van der Waals surface area contributed by atoms with Gasteiger partial charge in [-0.1, -0.05) is 0 Å². The average molecular weight is 292 g/mol. The maximum Gasteiger partial charge on any atom is 0.254 e. The van der Waals surface area contributed by atoms with Crippen molar-refractivity contribution in [3.63, 3.8) is 0 Å². The Kier molecular flexibility index (Phi) is 4.90. The van der Waals surface area contributed by atoms with Crippen LogP contribution in [0.1, 0.15) is 23.2 Å². The van der Waals surface area contributed by atoms with E-state index in [2.05, 4.69) is 10.6 Å². The molecule has 1 fully saturated rings. The summed E-state index contributed by atoms with van der Waals surface area (Å²) in [5.41, 5.74) is 8.25. The molecule has 0 radical (unpaired) electrons. The lowest BCUT2D eigenvalue weighted by Crippen LogP contribution is -2.45. The van der Waals surface area contributed by atoms with Crippen molar-refractivity contribution in [3.05, 3.63) is 17.7 Å². The molecule has 4 N–H and O–H groups in total. The molecule has 0 aromatic heterocycles. The summed E-state index contributed by atoms with van der Waals surface area (Å²) in [6.45, 7) is 1.38. The average Bonchev–Trinajstić information content (AvgIpc) is 2.52. The van der Waals surface area contributed by atoms with Crippen LogP contribution in [0.25, 0.3) is 0 Å². The van der Waals surface area contributed by atoms with E-state index >= 15 is 0 Å². The number of likely N-dealkylation sites (tertiary alicyclic amines) is 1. The van der Waals surface area contributed by atoms with Gasteiger partial charge in [-0.3, -0.25) is 4.79 Å². The third-order valence-corrected chi connectivity index (χ3v) is 3.83. The predicted octanol–water partition coefficient (Wildman–Crippen LogP) is 1.34. The smallest absolute Gasteiger partial charge is 0.254 e. The number of rotatable bonds is 4. The number of amides is 1. The Morgan fingerprint density at radius 2 is 2.14 bits per heavy atom. The zero-order valence-electron chi connectivity index (χ0n) is 12.9. The molecule has 0 saturated carbocycles. The maximum atomic E-state index is 12.6. The molecule has 1 atom stereocenters. The van der Waals surface area contributed by atoms with Crippen LogP contribution < -0.4 is 21.1 Å². The number of hydrogen-bond donors (Lipinski definition) is 3. The van der Waals surface area contributed by atoms with E-state index in [9.17, 15) is 4.79 Å². The van der Waals surface area contributed by atoms with Gasteiger partial charge < -0.3 is 26.0 Å². The van der Waals surface area contributed by atoms with Crippen molar-refractivity contribution in [2.24, 2.45) is 5.73 Å². The van der Waals surface area contributed by atoms with E-state index in [0.717, 1.165) is 30.8 Å². The molecule has 0 spiro atoms. The zero-order chi connectivity index (χ0) is 15.4. The minimum Gasteiger partial charge on any atom is -0.494 e. The second kappa shape index (κ2) is 6.67. The lowest BCUT2D eigenvalue weighted by atomic mass is 10.0. The summed E-state index contributed by atoms with van der Waals surface area (Å²) in [5.74, 6) is 0.650. The van der Waals surface area contributed by atoms with Gasteiger partial charge in [-0.2, -0.15) is 0 Å². The van der Waals surface area contributed by atoms with Crippen molar-refractivity contribution < 1.29 is 9.53 Å². The van der Waals surface area contributed by atoms with Crippen LogP contribution in [0.15, 0.2) is 12.1 Å². The van der Waals surface area contributed by atoms with Crippen molar-refractivity contribution >= 4 is 17.3 Å². The van der Waals surface area contributed by atoms with Crippen molar-refractivity contribution in [3.8, 4) is 5.75 Å². The fraction of sp³-hybridized carbons (Fsp3) is 0.533. The summed E-state index contributed by atoms with van der Waals surface area (Å²) < 4.78 is 5.38. The predicted molar refractivity (Wildman–Crippen MR) is 85.2 cm³/mol. The van der Waals surface area contributed by atoms with E-state index in [1.807, 2.05) is 25.1 Å². The highest BCUT2D eigenvalue weighted by Crippen LogP contribution is 2.34. The summed E-state index contributed by atoms with van der Waals surface area (Å²) in [4.78, 5) is 14.5. The SMILES string of the molecule is CNc1cc(C(=O)N2CCC[C@@H](N)C2)cc(OC)c1NC. The molecule has 1 aliphatic heterocycles. The maximum absolute atomic E-state index is 12.6. The van der Waals surface area contributed by atoms with Gasteiger partial charge in [0.25, 0.3) is 5.91 Å². The van der Waals surface area contributed by atoms with Gasteiger partial charge in [0.15, 0.2) is 0 Å². The number of hydrogen-bond acceptors (Lipinski definition) is 5. The van der Waals surface area contributed by atoms with E-state index in [1.54, 1.807) is 13.2 Å². The summed E-state index contributed by atoms with van der Waals surface area (Å²) in [6, 6.07) is 3.69. The molecule has 21 heavy (non-hydrogen) atoms. The number of nitrogens with zero attached hydrogens (tertiary/aromatic N) is 1. The number of ether oxygens (including phenoxy) is 1. The van der Waals surface area contributed by atoms with Crippen LogP contribution in [0.5, 0.6) is 5.75 Å². The third-order valence-electron chi connectivity index (χ3n) is 3.83. The molecule has 0 aliphatic carbocycles. The van der Waals surface area contributed by atoms with Crippen molar-refractivity contribution in [1.82, 2.24) is 4.90 Å². The molecule has 1 aromatic carbocycles. The number of piperidine rings is 1. The number of benzene rings is 1. The van der Waals surface area contributed by atoms with Crippen LogP contribution in [0.2, 0.25) is 0 Å². The third kappa shape index (κ3) is 3.21. The Morgan fingerprint density at radius 3 is 2.71 bits per heavy atom. The standard InChI is InChI=1S/C15H24N4O2/c1-17-12-7-10(8-13(21-3)14(12)18-2)15(20)19-6-4-5-11(16)9-19/h7-8,11,17-18H,4-6,9,16H2,1-3H3/t11-/m1/s1. The minimum absolute atomic E-state index is 0.00241. The lowest BCUT2D eigenvalue weighted by Gasteiger charge is -2.31. The normalized spacial score (nSPS) is 18.3. The number of carbonyl (C=O) groups is 1. The molecule has 116 valence electrons. The lowest BCUT2D eigenvalue weighted by molar-refractivity contribution is 0.0708. The molecule has 0 bridgehead atoms. The number of anilines is 2. The fourth-order valence-corrected chi connectivity index (χ4v) is 2.73. The molecule has 2 rings (SSSR count). The Hall–Kier alpha value is -1.95. The highest BCUT2D eigenvalue weighted by atomic mass is 16.5. The van der Waals surface area contributed by atoms with Crippen LogP contribution in [0.4, 0.5) is 11.4 Å². The molecule has 1 saturated heterocycles. The Bertz CT molecular complexity index is 493. The quantitative estimate of drug-likeness (QED) is 0.780. The number of nitrogens with two attached hydrogens (primary N) is 1. The van der Waals surface area contributed by atoms with Crippen molar-refractivity contribution in [2.75, 3.05) is 44.9 Å². The van der Waals surface area contributed by atoms with Gasteiger partial charge in [-0.25, -0.2) is 0 Å². The van der Waals surface area contributed by atoms with Crippen LogP contribution >= 0.6 is 0 Å². The second-order valence-corrected chi connectivity index (χ2v) is 5.25. The minimum atomic E-state index is 0.00241. The van der Waals surface area contributed by atoms with Crippen molar-refractivity contribution in [1.29, 1.82) is 0 Å². The highest BCUT2D eigenvalue weighted by Gasteiger charge is 2.24. The summed E-state index contributed by atoms with van der Waals surface area (Å²) in [6.07, 6.45) is 1.94. The molecule has 6 heteroatoms. The van der Waals surface area contributed by atoms with Crippen LogP contribution in [-0.4, -0.2) is 51.1 Å². The number of methoxy groups -OCH3 is 1. The molecule has 6 nitrogen and oxygen atoms in total. The summed E-state index contributed by atoms with van der Waals surface area (Å²) in [5, 5.41) is 6.18. The van der Waals surface area contributed by atoms with E-state index in [0.29, 0.717) is 17.9 Å². The molecular weight excluding hydrogens is 268 g/mol. The largest absolute Gasteiger partial charge is 0.494 e. The van der Waals surface area contributed by atoms with Gasteiger partial charge in [0.05, 0.1) is 12.8 Å².